The second-order valence-corrected chi connectivity index (χ2v) is 6.14. The van der Waals surface area contributed by atoms with Crippen LogP contribution in [-0.4, -0.2) is 41.1 Å². The summed E-state index contributed by atoms with van der Waals surface area (Å²) in [5.41, 5.74) is 0. The van der Waals surface area contributed by atoms with E-state index in [1.807, 2.05) is 0 Å². The van der Waals surface area contributed by atoms with E-state index in [1.54, 1.807) is 23.1 Å². The van der Waals surface area contributed by atoms with E-state index in [0.717, 1.165) is 12.8 Å². The van der Waals surface area contributed by atoms with E-state index >= 15 is 0 Å². The summed E-state index contributed by atoms with van der Waals surface area (Å²) in [4.78, 5) is 24.5. The van der Waals surface area contributed by atoms with E-state index < -0.39 is 5.97 Å². The maximum absolute atomic E-state index is 12.2. The van der Waals surface area contributed by atoms with Gasteiger partial charge in [-0.25, -0.2) is 0 Å². The molecule has 1 atom stereocenters. The Bertz CT molecular complexity index is 552. The largest absolute Gasteiger partial charge is 0.483 e. The molecule has 1 heterocycles. The quantitative estimate of drug-likeness (QED) is 0.858. The topological polar surface area (TPSA) is 66.8 Å². The van der Waals surface area contributed by atoms with Crippen LogP contribution in [0.1, 0.15) is 19.3 Å². The molecule has 0 aromatic heterocycles. The van der Waals surface area contributed by atoms with Crippen molar-refractivity contribution in [2.75, 3.05) is 13.2 Å². The van der Waals surface area contributed by atoms with Gasteiger partial charge in [0.2, 0.25) is 0 Å². The Hall–Kier alpha value is -1.27. The third-order valence-corrected chi connectivity index (χ3v) is 4.21. The summed E-state index contributed by atoms with van der Waals surface area (Å²) in [7, 11) is 0. The molecule has 1 saturated heterocycles. The number of rotatable bonds is 5. The highest BCUT2D eigenvalue weighted by molar-refractivity contribution is 9.10. The Morgan fingerprint density at radius 1 is 1.48 bits per heavy atom. The minimum atomic E-state index is -0.888. The number of carbonyl (C=O) groups excluding carboxylic acids is 1. The highest BCUT2D eigenvalue weighted by Gasteiger charge is 2.30. The van der Waals surface area contributed by atoms with Crippen LogP contribution in [0.15, 0.2) is 22.7 Å². The Kier molecular flexibility index (Phi) is 5.47. The molecular weight excluding hydrogens is 362 g/mol. The van der Waals surface area contributed by atoms with Crippen LogP contribution in [0, 0.1) is 0 Å². The van der Waals surface area contributed by atoms with Gasteiger partial charge >= 0.3 is 5.97 Å². The molecule has 5 nitrogen and oxygen atoms in total. The predicted octanol–water partition coefficient (Wildman–Crippen LogP) is 2.95. The van der Waals surface area contributed by atoms with Crippen molar-refractivity contribution in [1.29, 1.82) is 0 Å². The number of hydrogen-bond donors (Lipinski definition) is 1. The van der Waals surface area contributed by atoms with E-state index in [1.165, 1.54) is 0 Å². The molecule has 1 aromatic rings. The van der Waals surface area contributed by atoms with Crippen LogP contribution in [-0.2, 0) is 9.59 Å². The molecule has 1 aliphatic heterocycles. The number of benzene rings is 1. The fourth-order valence-electron chi connectivity index (χ4n) is 2.39. The molecule has 1 N–H and O–H groups in total. The molecule has 0 bridgehead atoms. The lowest BCUT2D eigenvalue weighted by Crippen LogP contribution is -2.39. The van der Waals surface area contributed by atoms with Crippen LogP contribution in [0.3, 0.4) is 0 Å². The first-order valence-corrected chi connectivity index (χ1v) is 7.73. The first-order chi connectivity index (χ1) is 9.97. The van der Waals surface area contributed by atoms with Crippen molar-refractivity contribution in [3.63, 3.8) is 0 Å². The Morgan fingerprint density at radius 2 is 2.24 bits per heavy atom. The summed E-state index contributed by atoms with van der Waals surface area (Å²) in [6.45, 7) is 0.471. The average molecular weight is 377 g/mol. The summed E-state index contributed by atoms with van der Waals surface area (Å²) < 4.78 is 6.15. The molecule has 1 unspecified atom stereocenters. The van der Waals surface area contributed by atoms with Crippen molar-refractivity contribution in [2.24, 2.45) is 0 Å². The lowest BCUT2D eigenvalue weighted by Gasteiger charge is -2.23. The third-order valence-electron chi connectivity index (χ3n) is 3.35. The number of carboxylic acid groups (broad SMARTS) is 1. The molecule has 0 radical (unpaired) electrons. The van der Waals surface area contributed by atoms with Gasteiger partial charge in [0.1, 0.15) is 5.75 Å². The normalized spacial score (nSPS) is 17.8. The number of amides is 1. The minimum absolute atomic E-state index is 0.0175. The van der Waals surface area contributed by atoms with E-state index in [0.29, 0.717) is 21.8 Å². The maximum Gasteiger partial charge on any atom is 0.305 e. The lowest BCUT2D eigenvalue weighted by atomic mass is 10.1. The number of likely N-dealkylation sites (tertiary alicyclic amines) is 1. The van der Waals surface area contributed by atoms with E-state index in [2.05, 4.69) is 15.9 Å². The fourth-order valence-corrected chi connectivity index (χ4v) is 3.19. The lowest BCUT2D eigenvalue weighted by molar-refractivity contribution is -0.140. The Balaban J connectivity index is 1.93. The zero-order valence-electron chi connectivity index (χ0n) is 11.2. The molecular formula is C14H15BrClNO4. The molecule has 0 aliphatic carbocycles. The van der Waals surface area contributed by atoms with Gasteiger partial charge < -0.3 is 14.7 Å². The number of halogens is 2. The first-order valence-electron chi connectivity index (χ1n) is 6.56. The van der Waals surface area contributed by atoms with Crippen LogP contribution in [0.2, 0.25) is 5.02 Å². The van der Waals surface area contributed by atoms with Crippen LogP contribution in [0.4, 0.5) is 0 Å². The van der Waals surface area contributed by atoms with E-state index in [4.69, 9.17) is 21.4 Å². The van der Waals surface area contributed by atoms with Crippen molar-refractivity contribution >= 4 is 39.4 Å². The summed E-state index contributed by atoms with van der Waals surface area (Å²) in [5.74, 6) is -0.552. The molecule has 2 rings (SSSR count). The van der Waals surface area contributed by atoms with Gasteiger partial charge in [0.25, 0.3) is 5.91 Å². The van der Waals surface area contributed by atoms with Crippen molar-refractivity contribution in [3.05, 3.63) is 27.7 Å². The first kappa shape index (κ1) is 16.1. The number of nitrogens with zero attached hydrogens (tertiary/aromatic N) is 1. The monoisotopic (exact) mass is 375 g/mol. The molecule has 21 heavy (non-hydrogen) atoms. The smallest absolute Gasteiger partial charge is 0.305 e. The average Bonchev–Trinajstić information content (AvgIpc) is 2.84. The SMILES string of the molecule is O=C(O)CC1CCCN1C(=O)COc1ccc(Cl)cc1Br. The van der Waals surface area contributed by atoms with Crippen molar-refractivity contribution in [2.45, 2.75) is 25.3 Å². The maximum atomic E-state index is 12.2. The van der Waals surface area contributed by atoms with Crippen LogP contribution >= 0.6 is 27.5 Å². The molecule has 7 heteroatoms. The van der Waals surface area contributed by atoms with Gasteiger partial charge in [0, 0.05) is 17.6 Å². The fraction of sp³-hybridized carbons (Fsp3) is 0.429. The van der Waals surface area contributed by atoms with Crippen molar-refractivity contribution in [3.8, 4) is 5.75 Å². The van der Waals surface area contributed by atoms with Gasteiger partial charge in [-0.15, -0.1) is 0 Å². The molecule has 0 saturated carbocycles. The number of hydrogen-bond acceptors (Lipinski definition) is 3. The third kappa shape index (κ3) is 4.35. The number of carboxylic acids is 1. The second kappa shape index (κ2) is 7.13. The number of carbonyl (C=O) groups is 2. The summed E-state index contributed by atoms with van der Waals surface area (Å²) in [5, 5.41) is 9.43. The zero-order valence-corrected chi connectivity index (χ0v) is 13.6. The Morgan fingerprint density at radius 3 is 2.90 bits per heavy atom. The van der Waals surface area contributed by atoms with E-state index in [-0.39, 0.29) is 25.0 Å². The molecule has 114 valence electrons. The zero-order chi connectivity index (χ0) is 15.4. The number of ether oxygens (including phenoxy) is 1. The van der Waals surface area contributed by atoms with Gasteiger partial charge in [-0.1, -0.05) is 11.6 Å². The van der Waals surface area contributed by atoms with Crippen LogP contribution < -0.4 is 4.74 Å². The minimum Gasteiger partial charge on any atom is -0.483 e. The standard InChI is InChI=1S/C14H15BrClNO4/c15-11-6-9(16)3-4-12(11)21-8-13(18)17-5-1-2-10(17)7-14(19)20/h3-4,6,10H,1-2,5,7-8H2,(H,19,20). The van der Waals surface area contributed by atoms with Crippen LogP contribution in [0.5, 0.6) is 5.75 Å². The van der Waals surface area contributed by atoms with E-state index in [9.17, 15) is 9.59 Å². The van der Waals surface area contributed by atoms with Crippen molar-refractivity contribution in [1.82, 2.24) is 4.90 Å². The molecule has 1 aromatic carbocycles. The summed E-state index contributed by atoms with van der Waals surface area (Å²) >= 11 is 9.15. The predicted molar refractivity (Wildman–Crippen MR) is 81.6 cm³/mol. The summed E-state index contributed by atoms with van der Waals surface area (Å²) in [6.07, 6.45) is 1.54. The Labute approximate surface area is 136 Å². The molecule has 0 spiro atoms. The molecule has 1 aliphatic rings. The van der Waals surface area contributed by atoms with Crippen LogP contribution in [0.25, 0.3) is 0 Å². The summed E-state index contributed by atoms with van der Waals surface area (Å²) in [6, 6.07) is 4.81. The van der Waals surface area contributed by atoms with Gasteiger partial charge in [-0.3, -0.25) is 9.59 Å². The van der Waals surface area contributed by atoms with Crippen molar-refractivity contribution < 1.29 is 19.4 Å². The van der Waals surface area contributed by atoms with Gasteiger partial charge in [0.15, 0.2) is 6.61 Å². The van der Waals surface area contributed by atoms with Gasteiger partial charge in [0.05, 0.1) is 10.9 Å². The highest BCUT2D eigenvalue weighted by Crippen LogP contribution is 2.28. The number of aliphatic carboxylic acids is 1. The molecule has 1 fully saturated rings. The highest BCUT2D eigenvalue weighted by atomic mass is 79.9. The molecule has 1 amide bonds. The van der Waals surface area contributed by atoms with Gasteiger partial charge in [-0.05, 0) is 47.0 Å². The van der Waals surface area contributed by atoms with Gasteiger partial charge in [-0.2, -0.15) is 0 Å². The second-order valence-electron chi connectivity index (χ2n) is 4.84.